The molecule has 0 fully saturated rings. The fourth-order valence-electron chi connectivity index (χ4n) is 2.49. The van der Waals surface area contributed by atoms with Crippen LogP contribution in [0.3, 0.4) is 0 Å². The zero-order valence-corrected chi connectivity index (χ0v) is 16.3. The van der Waals surface area contributed by atoms with Crippen LogP contribution in [0.5, 0.6) is 5.75 Å². The van der Waals surface area contributed by atoms with E-state index in [4.69, 9.17) is 4.74 Å². The molecule has 0 aliphatic rings. The van der Waals surface area contributed by atoms with Gasteiger partial charge in [-0.2, -0.15) is 26.3 Å². The maximum absolute atomic E-state index is 13.2. The van der Waals surface area contributed by atoms with Crippen molar-refractivity contribution in [1.29, 1.82) is 0 Å². The molecule has 1 atom stereocenters. The topological polar surface area (TPSA) is 26.3 Å². The van der Waals surface area contributed by atoms with Gasteiger partial charge < -0.3 is 4.74 Å². The van der Waals surface area contributed by atoms with Crippen LogP contribution >= 0.6 is 8.58 Å². The molecule has 147 valence electrons. The number of benzene rings is 2. The van der Waals surface area contributed by atoms with Gasteiger partial charge in [-0.25, -0.2) is 0 Å². The third-order valence-corrected chi connectivity index (χ3v) is 4.97. The average Bonchev–Trinajstić information content (AvgIpc) is 2.55. The number of carbonyl (C=O) groups is 1. The van der Waals surface area contributed by atoms with Crippen LogP contribution in [0.25, 0.3) is 0 Å². The van der Waals surface area contributed by atoms with Crippen LogP contribution in [0.2, 0.25) is 0 Å². The Hall–Kier alpha value is -1.48. The second-order valence-corrected chi connectivity index (χ2v) is 6.83. The quantitative estimate of drug-likeness (QED) is 0.382. The molecule has 2 rings (SSSR count). The summed E-state index contributed by atoms with van der Waals surface area (Å²) in [5.41, 5.74) is -5.19. The van der Waals surface area contributed by atoms with Gasteiger partial charge in [-0.1, -0.05) is 12.1 Å². The van der Waals surface area contributed by atoms with Crippen LogP contribution in [-0.2, 0) is 12.4 Å². The Bertz CT molecular complexity index is 817. The van der Waals surface area contributed by atoms with Crippen molar-refractivity contribution in [2.45, 2.75) is 26.2 Å². The number of halogens is 6. The van der Waals surface area contributed by atoms with Gasteiger partial charge in [-0.15, -0.1) is 0 Å². The van der Waals surface area contributed by atoms with Crippen molar-refractivity contribution in [3.8, 4) is 5.75 Å². The Morgan fingerprint density at radius 1 is 1.00 bits per heavy atom. The number of hydrogen-bond donors (Lipinski definition) is 0. The normalized spacial score (nSPS) is 12.1. The number of rotatable bonds is 5. The molecule has 0 heterocycles. The molecule has 0 saturated heterocycles. The van der Waals surface area contributed by atoms with Gasteiger partial charge in [-0.3, -0.25) is 4.79 Å². The molecule has 0 bridgehead atoms. The molecule has 0 aliphatic heterocycles. The first kappa shape index (κ1) is 24.6. The number of ether oxygens (including phenoxy) is 1. The van der Waals surface area contributed by atoms with Crippen molar-refractivity contribution in [2.75, 3.05) is 6.61 Å². The summed E-state index contributed by atoms with van der Waals surface area (Å²) < 4.78 is 84.5. The van der Waals surface area contributed by atoms with Crippen LogP contribution in [0.4, 0.5) is 26.3 Å². The van der Waals surface area contributed by atoms with Gasteiger partial charge in [0.1, 0.15) is 5.75 Å². The first-order chi connectivity index (χ1) is 12.4. The maximum atomic E-state index is 13.2. The van der Waals surface area contributed by atoms with Crippen LogP contribution in [-0.4, -0.2) is 31.0 Å². The molecule has 0 aromatic heterocycles. The minimum atomic E-state index is -5.08. The molecule has 2 aromatic carbocycles. The van der Waals surface area contributed by atoms with Gasteiger partial charge in [0, 0.05) is 24.4 Å². The van der Waals surface area contributed by atoms with Crippen LogP contribution in [0.1, 0.15) is 34.0 Å². The molecule has 0 N–H and O–H groups in total. The first-order valence-corrected chi connectivity index (χ1v) is 8.77. The van der Waals surface area contributed by atoms with Gasteiger partial charge in [0.2, 0.25) is 0 Å². The Balaban J connectivity index is 0.00000392. The van der Waals surface area contributed by atoms with Crippen molar-refractivity contribution in [1.82, 2.24) is 0 Å². The molecule has 0 aliphatic carbocycles. The summed E-state index contributed by atoms with van der Waals surface area (Å²) in [7, 11) is -0.891. The van der Waals surface area contributed by atoms with Crippen molar-refractivity contribution in [3.63, 3.8) is 0 Å². The Morgan fingerprint density at radius 3 is 1.96 bits per heavy atom. The summed E-state index contributed by atoms with van der Waals surface area (Å²) in [5.74, 6) is 0.502. The summed E-state index contributed by atoms with van der Waals surface area (Å²) >= 11 is 0. The summed E-state index contributed by atoms with van der Waals surface area (Å²) in [4.78, 5) is 12.5. The molecule has 2 aromatic rings. The number of hydrogen-bond acceptors (Lipinski definition) is 2. The molecule has 10 heteroatoms. The minimum Gasteiger partial charge on any atom is -0.494 e. The van der Waals surface area contributed by atoms with Crippen LogP contribution in [0, 0.1) is 6.92 Å². The van der Waals surface area contributed by atoms with Crippen molar-refractivity contribution in [3.05, 3.63) is 58.7 Å². The van der Waals surface area contributed by atoms with Crippen molar-refractivity contribution in [2.24, 2.45) is 0 Å². The molecule has 1 unspecified atom stereocenters. The fraction of sp³-hybridized carbons (Fsp3) is 0.278. The SMILES string of the molecule is CCOc1ccc(PC(=O)c2c(C(F)(F)F)cccc2C(F)(F)F)c(C)c1.[Li]. The van der Waals surface area contributed by atoms with Gasteiger partial charge in [-0.05, 0) is 57.6 Å². The van der Waals surface area contributed by atoms with E-state index in [1.165, 1.54) is 12.1 Å². The minimum absolute atomic E-state index is 0. The summed E-state index contributed by atoms with van der Waals surface area (Å²) in [6.07, 6.45) is -10.2. The molecule has 28 heavy (non-hydrogen) atoms. The van der Waals surface area contributed by atoms with E-state index in [2.05, 4.69) is 0 Å². The van der Waals surface area contributed by atoms with Crippen molar-refractivity contribution >= 4 is 38.3 Å². The predicted octanol–water partition coefficient (Wildman–Crippen LogP) is 5.19. The number of carbonyl (C=O) groups excluding carboxylic acids is 1. The summed E-state index contributed by atoms with van der Waals surface area (Å²) in [5, 5.41) is 0.355. The Morgan fingerprint density at radius 2 is 1.54 bits per heavy atom. The van der Waals surface area contributed by atoms with Crippen molar-refractivity contribution < 1.29 is 35.9 Å². The standard InChI is InChI=1S/C18H15F6O2P.Li/c1-3-26-11-7-8-14(10(2)9-11)27-16(25)15-12(17(19,20)21)5-4-6-13(15)18(22,23)24;/h4-9,27H,3H2,1-2H3;. The zero-order valence-electron chi connectivity index (χ0n) is 15.3. The average molecular weight is 415 g/mol. The van der Waals surface area contributed by atoms with E-state index >= 15 is 0 Å². The molecular formula is C18H15F6LiO2P. The van der Waals surface area contributed by atoms with E-state index < -0.39 is 43.1 Å². The largest absolute Gasteiger partial charge is 0.494 e. The van der Waals surface area contributed by atoms with E-state index in [0.29, 0.717) is 41.4 Å². The molecule has 2 nitrogen and oxygen atoms in total. The molecular weight excluding hydrogens is 400 g/mol. The van der Waals surface area contributed by atoms with E-state index in [-0.39, 0.29) is 18.9 Å². The second-order valence-electron chi connectivity index (χ2n) is 5.59. The van der Waals surface area contributed by atoms with E-state index in [1.54, 1.807) is 19.9 Å². The molecule has 0 amide bonds. The molecule has 0 spiro atoms. The van der Waals surface area contributed by atoms with Crippen LogP contribution < -0.4 is 10.0 Å². The number of alkyl halides is 6. The Labute approximate surface area is 171 Å². The summed E-state index contributed by atoms with van der Waals surface area (Å²) in [6, 6.07) is 6.19. The monoisotopic (exact) mass is 415 g/mol. The van der Waals surface area contributed by atoms with Gasteiger partial charge >= 0.3 is 12.4 Å². The van der Waals surface area contributed by atoms with Gasteiger partial charge in [0.25, 0.3) is 0 Å². The Kier molecular flexibility index (Phi) is 8.19. The molecule has 0 saturated carbocycles. The van der Waals surface area contributed by atoms with E-state index in [0.717, 1.165) is 0 Å². The van der Waals surface area contributed by atoms with Crippen LogP contribution in [0.15, 0.2) is 36.4 Å². The predicted molar refractivity (Wildman–Crippen MR) is 96.8 cm³/mol. The molecule has 1 radical (unpaired) electrons. The second kappa shape index (κ2) is 9.34. The fourth-order valence-corrected chi connectivity index (χ4v) is 3.56. The zero-order chi connectivity index (χ0) is 20.4. The van der Waals surface area contributed by atoms with Gasteiger partial charge in [0.15, 0.2) is 5.52 Å². The smallest absolute Gasteiger partial charge is 0.417 e. The maximum Gasteiger partial charge on any atom is 0.417 e. The third-order valence-electron chi connectivity index (χ3n) is 3.66. The third kappa shape index (κ3) is 5.76. The first-order valence-electron chi connectivity index (χ1n) is 7.77. The number of aryl methyl sites for hydroxylation is 1. The summed E-state index contributed by atoms with van der Waals surface area (Å²) in [6.45, 7) is 3.77. The van der Waals surface area contributed by atoms with Gasteiger partial charge in [0.05, 0.1) is 17.7 Å². The van der Waals surface area contributed by atoms with E-state index in [9.17, 15) is 31.1 Å². The van der Waals surface area contributed by atoms with E-state index in [1.807, 2.05) is 0 Å².